The molecule has 0 atom stereocenters. The molecular weight excluding hydrogens is 334 g/mol. The van der Waals surface area contributed by atoms with Crippen LogP contribution in [0.3, 0.4) is 0 Å². The van der Waals surface area contributed by atoms with Crippen molar-refractivity contribution in [1.82, 2.24) is 9.97 Å². The maximum Gasteiger partial charge on any atom is 0.231 e. The molecule has 0 amide bonds. The number of hydrogen-bond donors (Lipinski definition) is 1. The van der Waals surface area contributed by atoms with Crippen LogP contribution >= 0.6 is 23.7 Å². The van der Waals surface area contributed by atoms with E-state index >= 15 is 0 Å². The van der Waals surface area contributed by atoms with Crippen molar-refractivity contribution >= 4 is 45.5 Å². The molecule has 0 radical (unpaired) electrons. The van der Waals surface area contributed by atoms with Crippen LogP contribution < -0.4 is 14.8 Å². The number of nitrogens with zero attached hydrogens (tertiary/aromatic N) is 2. The zero-order valence-corrected chi connectivity index (χ0v) is 14.4. The van der Waals surface area contributed by atoms with Crippen LogP contribution in [0.5, 0.6) is 11.5 Å². The molecule has 0 aliphatic carbocycles. The Bertz CT molecular complexity index is 866. The van der Waals surface area contributed by atoms with Gasteiger partial charge < -0.3 is 14.8 Å². The second-order valence-corrected chi connectivity index (χ2v) is 6.21. The Morgan fingerprint density at radius 1 is 1.17 bits per heavy atom. The van der Waals surface area contributed by atoms with Gasteiger partial charge >= 0.3 is 0 Å². The van der Waals surface area contributed by atoms with Crippen LogP contribution in [0.2, 0.25) is 0 Å². The molecule has 0 bridgehead atoms. The van der Waals surface area contributed by atoms with Crippen molar-refractivity contribution in [3.8, 4) is 11.5 Å². The monoisotopic (exact) mass is 349 g/mol. The quantitative estimate of drug-likeness (QED) is 0.756. The van der Waals surface area contributed by atoms with Crippen molar-refractivity contribution in [3.05, 3.63) is 35.0 Å². The predicted octanol–water partition coefficient (Wildman–Crippen LogP) is 4.46. The van der Waals surface area contributed by atoms with Gasteiger partial charge in [-0.15, -0.1) is 23.7 Å². The van der Waals surface area contributed by atoms with Crippen LogP contribution in [0.25, 0.3) is 10.2 Å². The maximum absolute atomic E-state index is 5.42. The highest BCUT2D eigenvalue weighted by Gasteiger charge is 2.15. The number of nitrogens with one attached hydrogen (secondary N) is 1. The molecule has 4 rings (SSSR count). The number of hydrogen-bond acceptors (Lipinski definition) is 6. The molecule has 1 aliphatic heterocycles. The standard InChI is InChI=1S/C16H15N3O2S.ClH/c1-3-11-7-12-15(17-9(2)18-16(12)22-11)19-10-4-5-13-14(6-10)21-8-20-13;/h4-7H,3,8H2,1-2H3,(H,17,18,19);1H. The molecule has 23 heavy (non-hydrogen) atoms. The minimum atomic E-state index is 0. The van der Waals surface area contributed by atoms with Gasteiger partial charge in [0, 0.05) is 16.6 Å². The van der Waals surface area contributed by atoms with Gasteiger partial charge in [-0.05, 0) is 31.5 Å². The first-order valence-electron chi connectivity index (χ1n) is 7.16. The van der Waals surface area contributed by atoms with Gasteiger partial charge in [-0.1, -0.05) is 6.92 Å². The Morgan fingerprint density at radius 3 is 2.83 bits per heavy atom. The molecule has 1 aromatic carbocycles. The average molecular weight is 350 g/mol. The minimum Gasteiger partial charge on any atom is -0.454 e. The first kappa shape index (κ1) is 15.8. The number of ether oxygens (including phenoxy) is 2. The normalized spacial score (nSPS) is 12.3. The topological polar surface area (TPSA) is 56.3 Å². The van der Waals surface area contributed by atoms with Crippen LogP contribution in [0, 0.1) is 6.92 Å². The maximum atomic E-state index is 5.42. The Kier molecular flexibility index (Phi) is 4.28. The van der Waals surface area contributed by atoms with E-state index in [0.29, 0.717) is 0 Å². The summed E-state index contributed by atoms with van der Waals surface area (Å²) in [7, 11) is 0. The second-order valence-electron chi connectivity index (χ2n) is 5.10. The lowest BCUT2D eigenvalue weighted by molar-refractivity contribution is 0.174. The van der Waals surface area contributed by atoms with E-state index in [2.05, 4.69) is 28.3 Å². The van der Waals surface area contributed by atoms with Gasteiger partial charge in [-0.2, -0.15) is 0 Å². The Labute approximate surface area is 144 Å². The molecule has 1 N–H and O–H groups in total. The van der Waals surface area contributed by atoms with Crippen molar-refractivity contribution in [1.29, 1.82) is 0 Å². The van der Waals surface area contributed by atoms with E-state index in [-0.39, 0.29) is 19.2 Å². The summed E-state index contributed by atoms with van der Waals surface area (Å²) in [6.07, 6.45) is 1.00. The Balaban J connectivity index is 0.00000156. The van der Waals surface area contributed by atoms with Gasteiger partial charge in [-0.25, -0.2) is 9.97 Å². The van der Waals surface area contributed by atoms with Crippen molar-refractivity contribution < 1.29 is 9.47 Å². The number of fused-ring (bicyclic) bond motifs is 2. The molecule has 2 aromatic heterocycles. The van der Waals surface area contributed by atoms with E-state index < -0.39 is 0 Å². The van der Waals surface area contributed by atoms with E-state index in [1.54, 1.807) is 11.3 Å². The lowest BCUT2D eigenvalue weighted by Gasteiger charge is -2.08. The number of aryl methyl sites for hydroxylation is 2. The fourth-order valence-electron chi connectivity index (χ4n) is 2.46. The highest BCUT2D eigenvalue weighted by atomic mass is 35.5. The smallest absolute Gasteiger partial charge is 0.231 e. The Morgan fingerprint density at radius 2 is 2.00 bits per heavy atom. The van der Waals surface area contributed by atoms with Crippen molar-refractivity contribution in [2.24, 2.45) is 0 Å². The number of rotatable bonds is 3. The molecule has 0 spiro atoms. The van der Waals surface area contributed by atoms with Crippen LogP contribution in [0.4, 0.5) is 11.5 Å². The minimum absolute atomic E-state index is 0. The number of benzene rings is 1. The van der Waals surface area contributed by atoms with E-state index in [1.165, 1.54) is 4.88 Å². The zero-order valence-electron chi connectivity index (χ0n) is 12.8. The van der Waals surface area contributed by atoms with E-state index in [1.807, 2.05) is 25.1 Å². The van der Waals surface area contributed by atoms with Crippen molar-refractivity contribution in [3.63, 3.8) is 0 Å². The van der Waals surface area contributed by atoms with Gasteiger partial charge in [0.2, 0.25) is 6.79 Å². The lowest BCUT2D eigenvalue weighted by atomic mass is 10.2. The molecule has 120 valence electrons. The summed E-state index contributed by atoms with van der Waals surface area (Å²) in [5.74, 6) is 3.13. The number of thiophene rings is 1. The highest BCUT2D eigenvalue weighted by Crippen LogP contribution is 2.36. The molecule has 3 heterocycles. The zero-order chi connectivity index (χ0) is 15.1. The molecule has 5 nitrogen and oxygen atoms in total. The summed E-state index contributed by atoms with van der Waals surface area (Å²) in [6.45, 7) is 4.34. The predicted molar refractivity (Wildman–Crippen MR) is 94.6 cm³/mol. The molecular formula is C16H16ClN3O2S. The summed E-state index contributed by atoms with van der Waals surface area (Å²) in [5, 5.41) is 4.44. The third-order valence-corrected chi connectivity index (χ3v) is 4.71. The first-order valence-corrected chi connectivity index (χ1v) is 7.98. The van der Waals surface area contributed by atoms with Gasteiger partial charge in [0.05, 0.1) is 5.39 Å². The number of anilines is 2. The fraction of sp³-hybridized carbons (Fsp3) is 0.250. The van der Waals surface area contributed by atoms with E-state index in [0.717, 1.165) is 45.5 Å². The Hall–Kier alpha value is -2.05. The molecule has 1 aliphatic rings. The summed E-state index contributed by atoms with van der Waals surface area (Å²) in [4.78, 5) is 11.4. The highest BCUT2D eigenvalue weighted by molar-refractivity contribution is 7.18. The summed E-state index contributed by atoms with van der Waals surface area (Å²) in [6, 6.07) is 7.96. The molecule has 0 saturated heterocycles. The third-order valence-electron chi connectivity index (χ3n) is 3.54. The molecule has 0 unspecified atom stereocenters. The van der Waals surface area contributed by atoms with Crippen LogP contribution in [0.1, 0.15) is 17.6 Å². The lowest BCUT2D eigenvalue weighted by Crippen LogP contribution is -1.97. The van der Waals surface area contributed by atoms with Gasteiger partial charge in [0.1, 0.15) is 16.5 Å². The molecule has 0 fully saturated rings. The SMILES string of the molecule is CCc1cc2c(Nc3ccc4c(c3)OCO4)nc(C)nc2s1.Cl. The largest absolute Gasteiger partial charge is 0.454 e. The van der Waals surface area contributed by atoms with Gasteiger partial charge in [0.15, 0.2) is 11.5 Å². The van der Waals surface area contributed by atoms with Gasteiger partial charge in [0.25, 0.3) is 0 Å². The van der Waals surface area contributed by atoms with Gasteiger partial charge in [-0.3, -0.25) is 0 Å². The van der Waals surface area contributed by atoms with Crippen molar-refractivity contribution in [2.75, 3.05) is 12.1 Å². The van der Waals surface area contributed by atoms with E-state index in [4.69, 9.17) is 9.47 Å². The number of aromatic nitrogens is 2. The molecule has 3 aromatic rings. The molecule has 7 heteroatoms. The van der Waals surface area contributed by atoms with Crippen LogP contribution in [-0.2, 0) is 6.42 Å². The summed E-state index contributed by atoms with van der Waals surface area (Å²) in [5.41, 5.74) is 0.924. The van der Waals surface area contributed by atoms with Crippen molar-refractivity contribution in [2.45, 2.75) is 20.3 Å². The third kappa shape index (κ3) is 2.92. The molecule has 0 saturated carbocycles. The number of halogens is 1. The summed E-state index contributed by atoms with van der Waals surface area (Å²) < 4.78 is 10.8. The van der Waals surface area contributed by atoms with Crippen LogP contribution in [0.15, 0.2) is 24.3 Å². The summed E-state index contributed by atoms with van der Waals surface area (Å²) >= 11 is 1.72. The second kappa shape index (κ2) is 6.22. The first-order chi connectivity index (χ1) is 10.7. The fourth-order valence-corrected chi connectivity index (χ4v) is 3.47. The van der Waals surface area contributed by atoms with Crippen LogP contribution in [-0.4, -0.2) is 16.8 Å². The average Bonchev–Trinajstić information content (AvgIpc) is 3.12. The van der Waals surface area contributed by atoms with E-state index in [9.17, 15) is 0 Å².